The van der Waals surface area contributed by atoms with Gasteiger partial charge in [0, 0.05) is 17.1 Å². The van der Waals surface area contributed by atoms with Crippen molar-refractivity contribution in [3.05, 3.63) is 89.7 Å². The quantitative estimate of drug-likeness (QED) is 0.436. The summed E-state index contributed by atoms with van der Waals surface area (Å²) in [6, 6.07) is 20.6. The third kappa shape index (κ3) is 2.23. The number of nitrogens with zero attached hydrogens (tertiary/aromatic N) is 2. The van der Waals surface area contributed by atoms with Crippen molar-refractivity contribution >= 4 is 16.9 Å². The Kier molecular flexibility index (Phi) is 3.57. The van der Waals surface area contributed by atoms with Crippen LogP contribution in [0, 0.1) is 0 Å². The van der Waals surface area contributed by atoms with Gasteiger partial charge in [-0.2, -0.15) is 0 Å². The first-order chi connectivity index (χ1) is 13.3. The minimum absolute atomic E-state index is 0.00674. The number of fused-ring (bicyclic) bond motifs is 5. The van der Waals surface area contributed by atoms with Gasteiger partial charge in [0.05, 0.1) is 35.6 Å². The highest BCUT2D eigenvalue weighted by molar-refractivity contribution is 6.11. The number of esters is 1. The smallest absolute Gasteiger partial charge is 0.340 e. The van der Waals surface area contributed by atoms with E-state index in [-0.39, 0.29) is 12.0 Å². The Morgan fingerprint density at radius 1 is 1.07 bits per heavy atom. The molecule has 2 aromatic carbocycles. The molecule has 5 rings (SSSR count). The van der Waals surface area contributed by atoms with Crippen molar-refractivity contribution in [3.8, 4) is 11.3 Å². The Hall–Kier alpha value is -3.40. The lowest BCUT2D eigenvalue weighted by Crippen LogP contribution is -2.08. The Balaban J connectivity index is 1.90. The van der Waals surface area contributed by atoms with Crippen LogP contribution < -0.4 is 0 Å². The molecule has 2 aromatic heterocycles. The van der Waals surface area contributed by atoms with Crippen LogP contribution in [-0.2, 0) is 4.74 Å². The van der Waals surface area contributed by atoms with E-state index in [4.69, 9.17) is 4.74 Å². The lowest BCUT2D eigenvalue weighted by molar-refractivity contribution is 0.0529. The molecule has 1 atom stereocenters. The maximum absolute atomic E-state index is 12.9. The summed E-state index contributed by atoms with van der Waals surface area (Å²) in [5.74, 6) is -0.286. The number of rotatable bonds is 3. The fraction of sp³-hybridized carbons (Fsp3) is 0.130. The van der Waals surface area contributed by atoms with E-state index in [2.05, 4.69) is 33.8 Å². The molecule has 0 aliphatic carbocycles. The highest BCUT2D eigenvalue weighted by Gasteiger charge is 2.36. The Morgan fingerprint density at radius 2 is 1.85 bits per heavy atom. The topological polar surface area (TPSA) is 44.1 Å². The molecule has 1 aliphatic rings. The minimum atomic E-state index is -0.286. The van der Waals surface area contributed by atoms with Gasteiger partial charge in [0.2, 0.25) is 0 Å². The lowest BCUT2D eigenvalue weighted by Gasteiger charge is -2.17. The minimum Gasteiger partial charge on any atom is -0.462 e. The van der Waals surface area contributed by atoms with Crippen LogP contribution in [0.3, 0.4) is 0 Å². The summed E-state index contributed by atoms with van der Waals surface area (Å²) >= 11 is 0. The first kappa shape index (κ1) is 15.8. The molecular formula is C23H18N2O2. The van der Waals surface area contributed by atoms with Gasteiger partial charge in [-0.1, -0.05) is 54.6 Å². The monoisotopic (exact) mass is 354 g/mol. The van der Waals surface area contributed by atoms with Crippen LogP contribution in [0.15, 0.2) is 73.1 Å². The van der Waals surface area contributed by atoms with E-state index in [0.29, 0.717) is 12.2 Å². The highest BCUT2D eigenvalue weighted by Crippen LogP contribution is 2.48. The Labute approximate surface area is 157 Å². The number of carbonyl (C=O) groups excluding carboxylic acids is 1. The van der Waals surface area contributed by atoms with E-state index >= 15 is 0 Å². The second kappa shape index (κ2) is 6.09. The Morgan fingerprint density at radius 3 is 2.67 bits per heavy atom. The van der Waals surface area contributed by atoms with Crippen LogP contribution in [-0.4, -0.2) is 22.1 Å². The largest absolute Gasteiger partial charge is 0.462 e. The molecule has 1 unspecified atom stereocenters. The van der Waals surface area contributed by atoms with Gasteiger partial charge >= 0.3 is 5.97 Å². The van der Waals surface area contributed by atoms with E-state index in [0.717, 1.165) is 22.2 Å². The van der Waals surface area contributed by atoms with Gasteiger partial charge in [-0.3, -0.25) is 4.98 Å². The molecule has 0 saturated heterocycles. The molecule has 4 nitrogen and oxygen atoms in total. The number of ether oxygens (including phenoxy) is 1. The number of pyridine rings is 1. The molecule has 3 heterocycles. The zero-order valence-corrected chi connectivity index (χ0v) is 14.9. The number of aromatic nitrogens is 2. The molecule has 0 bridgehead atoms. The van der Waals surface area contributed by atoms with Crippen LogP contribution in [0.4, 0.5) is 0 Å². The van der Waals surface area contributed by atoms with Gasteiger partial charge < -0.3 is 9.30 Å². The molecule has 4 aromatic rings. The summed E-state index contributed by atoms with van der Waals surface area (Å²) in [5, 5.41) is 0.883. The summed E-state index contributed by atoms with van der Waals surface area (Å²) in [7, 11) is 0. The molecule has 0 spiro atoms. The van der Waals surface area contributed by atoms with E-state index in [9.17, 15) is 4.79 Å². The second-order valence-corrected chi connectivity index (χ2v) is 6.61. The molecule has 1 aliphatic heterocycles. The summed E-state index contributed by atoms with van der Waals surface area (Å²) < 4.78 is 7.63. The average Bonchev–Trinajstić information content (AvgIpc) is 3.22. The molecule has 0 radical (unpaired) electrons. The van der Waals surface area contributed by atoms with Crippen LogP contribution in [0.2, 0.25) is 0 Å². The number of hydrogen-bond acceptors (Lipinski definition) is 3. The number of hydrogen-bond donors (Lipinski definition) is 0. The van der Waals surface area contributed by atoms with Crippen molar-refractivity contribution in [2.75, 3.05) is 6.61 Å². The predicted molar refractivity (Wildman–Crippen MR) is 105 cm³/mol. The van der Waals surface area contributed by atoms with Crippen LogP contribution in [0.5, 0.6) is 0 Å². The molecule has 132 valence electrons. The molecule has 27 heavy (non-hydrogen) atoms. The normalized spacial score (nSPS) is 14.8. The predicted octanol–water partition coefficient (Wildman–Crippen LogP) is 4.83. The SMILES string of the molecule is CCOC(=O)c1c2n(c3cnccc13)C(c1ccccc1)c1ccccc1-2. The first-order valence-electron chi connectivity index (χ1n) is 9.10. The maximum Gasteiger partial charge on any atom is 0.340 e. The standard InChI is InChI=1S/C23H18N2O2/c1-2-27-23(26)20-18-12-13-24-14-19(18)25-21(15-8-4-3-5-9-15)16-10-6-7-11-17(16)22(20)25/h3-14,21H,2H2,1H3. The van der Waals surface area contributed by atoms with Crippen molar-refractivity contribution in [1.29, 1.82) is 0 Å². The molecule has 0 fully saturated rings. The fourth-order valence-corrected chi connectivity index (χ4v) is 4.15. The molecule has 0 amide bonds. The van der Waals surface area contributed by atoms with Gasteiger partial charge in [0.25, 0.3) is 0 Å². The van der Waals surface area contributed by atoms with Gasteiger partial charge in [-0.05, 0) is 24.1 Å². The van der Waals surface area contributed by atoms with Gasteiger partial charge in [0.1, 0.15) is 0 Å². The number of benzene rings is 2. The van der Waals surface area contributed by atoms with Gasteiger partial charge in [0.15, 0.2) is 0 Å². The summed E-state index contributed by atoms with van der Waals surface area (Å²) in [6.45, 7) is 2.18. The highest BCUT2D eigenvalue weighted by atomic mass is 16.5. The van der Waals surface area contributed by atoms with Gasteiger partial charge in [-0.25, -0.2) is 4.79 Å². The third-order valence-corrected chi connectivity index (χ3v) is 5.17. The first-order valence-corrected chi connectivity index (χ1v) is 9.10. The lowest BCUT2D eigenvalue weighted by atomic mass is 9.95. The maximum atomic E-state index is 12.9. The van der Waals surface area contributed by atoms with E-state index in [1.165, 1.54) is 11.1 Å². The van der Waals surface area contributed by atoms with E-state index < -0.39 is 0 Å². The molecule has 0 N–H and O–H groups in total. The van der Waals surface area contributed by atoms with Crippen LogP contribution in [0.25, 0.3) is 22.2 Å². The van der Waals surface area contributed by atoms with Gasteiger partial charge in [-0.15, -0.1) is 0 Å². The second-order valence-electron chi connectivity index (χ2n) is 6.61. The van der Waals surface area contributed by atoms with Crippen molar-refractivity contribution in [2.45, 2.75) is 13.0 Å². The van der Waals surface area contributed by atoms with Crippen LogP contribution in [0.1, 0.15) is 34.5 Å². The summed E-state index contributed by atoms with van der Waals surface area (Å²) in [6.07, 6.45) is 3.56. The molecular weight excluding hydrogens is 336 g/mol. The third-order valence-electron chi connectivity index (χ3n) is 5.17. The summed E-state index contributed by atoms with van der Waals surface area (Å²) in [5.41, 5.74) is 5.93. The van der Waals surface area contributed by atoms with Crippen molar-refractivity contribution in [2.24, 2.45) is 0 Å². The van der Waals surface area contributed by atoms with Crippen molar-refractivity contribution in [3.63, 3.8) is 0 Å². The molecule has 0 saturated carbocycles. The fourth-order valence-electron chi connectivity index (χ4n) is 4.15. The van der Waals surface area contributed by atoms with E-state index in [1.54, 1.807) is 6.20 Å². The van der Waals surface area contributed by atoms with Crippen molar-refractivity contribution in [1.82, 2.24) is 9.55 Å². The number of carbonyl (C=O) groups is 1. The summed E-state index contributed by atoms with van der Waals surface area (Å²) in [4.78, 5) is 17.2. The average molecular weight is 354 g/mol. The Bertz CT molecular complexity index is 1160. The zero-order chi connectivity index (χ0) is 18.4. The van der Waals surface area contributed by atoms with Crippen LogP contribution >= 0.6 is 0 Å². The van der Waals surface area contributed by atoms with Crippen molar-refractivity contribution < 1.29 is 9.53 Å². The molecule has 4 heteroatoms. The van der Waals surface area contributed by atoms with E-state index in [1.807, 2.05) is 49.5 Å². The zero-order valence-electron chi connectivity index (χ0n) is 14.9.